The molecule has 0 saturated carbocycles. The number of hydrogen-bond acceptors (Lipinski definition) is 2. The first-order valence-electron chi connectivity index (χ1n) is 12.2. The van der Waals surface area contributed by atoms with Crippen LogP contribution in [0.25, 0.3) is 23.3 Å². The van der Waals surface area contributed by atoms with E-state index in [1.54, 1.807) is 0 Å². The van der Waals surface area contributed by atoms with E-state index in [2.05, 4.69) is 98.9 Å². The van der Waals surface area contributed by atoms with Gasteiger partial charge in [-0.15, -0.1) is 0 Å². The Balaban J connectivity index is 0.00000160. The molecule has 0 amide bonds. The van der Waals surface area contributed by atoms with Crippen molar-refractivity contribution in [2.75, 3.05) is 0 Å². The van der Waals surface area contributed by atoms with E-state index in [1.807, 2.05) is 0 Å². The van der Waals surface area contributed by atoms with Gasteiger partial charge in [0.1, 0.15) is 0 Å². The summed E-state index contributed by atoms with van der Waals surface area (Å²) >= 11 is 10.6. The molecule has 0 aromatic heterocycles. The SMILES string of the molecule is CC1=Cc2c(C3=CC=CCC3=S)cccc2[CH]1[Zr+2][CH]1C(C)=Cc2c(C3=CC=CCC3=S)cccc21.[Cl-].[Cl-]. The molecule has 184 valence electrons. The molecule has 0 saturated heterocycles. The zero-order valence-electron chi connectivity index (χ0n) is 20.7. The van der Waals surface area contributed by atoms with Crippen LogP contribution in [-0.2, 0) is 23.2 Å². The van der Waals surface area contributed by atoms with Crippen LogP contribution in [0.4, 0.5) is 0 Å². The molecule has 2 atom stereocenters. The molecule has 0 spiro atoms. The Morgan fingerprint density at radius 2 is 1.11 bits per heavy atom. The van der Waals surface area contributed by atoms with Crippen molar-refractivity contribution in [1.29, 1.82) is 0 Å². The van der Waals surface area contributed by atoms with Crippen molar-refractivity contribution in [3.63, 3.8) is 0 Å². The molecule has 0 N–H and O–H groups in total. The van der Waals surface area contributed by atoms with Crippen molar-refractivity contribution in [2.24, 2.45) is 0 Å². The van der Waals surface area contributed by atoms with Gasteiger partial charge >= 0.3 is 232 Å². The molecule has 0 heterocycles. The van der Waals surface area contributed by atoms with E-state index in [0.717, 1.165) is 22.6 Å². The summed E-state index contributed by atoms with van der Waals surface area (Å²) in [5.74, 6) is 0. The van der Waals surface area contributed by atoms with Gasteiger partial charge in [0.2, 0.25) is 0 Å². The average molecular weight is 637 g/mol. The van der Waals surface area contributed by atoms with Gasteiger partial charge in [0.05, 0.1) is 0 Å². The molecule has 2 aromatic carbocycles. The molecule has 0 radical (unpaired) electrons. The summed E-state index contributed by atoms with van der Waals surface area (Å²) in [5.41, 5.74) is 14.0. The van der Waals surface area contributed by atoms with Crippen molar-refractivity contribution in [1.82, 2.24) is 0 Å². The van der Waals surface area contributed by atoms with E-state index >= 15 is 0 Å². The zero-order chi connectivity index (χ0) is 24.1. The number of allylic oxidation sites excluding steroid dienone is 10. The van der Waals surface area contributed by atoms with Crippen molar-refractivity contribution >= 4 is 57.5 Å². The fraction of sp³-hybridized carbons (Fsp3) is 0.188. The molecule has 2 unspecified atom stereocenters. The molecule has 0 bridgehead atoms. The van der Waals surface area contributed by atoms with E-state index < -0.39 is 23.2 Å². The minimum atomic E-state index is -0.895. The van der Waals surface area contributed by atoms with Crippen LogP contribution in [0.3, 0.4) is 0 Å². The van der Waals surface area contributed by atoms with Crippen LogP contribution in [0.15, 0.2) is 84.0 Å². The maximum absolute atomic E-state index is 5.73. The fourth-order valence-corrected chi connectivity index (χ4v) is 10.9. The molecule has 4 aliphatic carbocycles. The minimum Gasteiger partial charge on any atom is -1.00 e. The number of benzene rings is 2. The second-order valence-electron chi connectivity index (χ2n) is 9.70. The number of rotatable bonds is 4. The van der Waals surface area contributed by atoms with Crippen LogP contribution in [0.5, 0.6) is 0 Å². The Hall–Kier alpha value is -1.48. The Kier molecular flexibility index (Phi) is 9.04. The molecular formula is C32H26Cl2S2Zr. The maximum atomic E-state index is 5.73. The van der Waals surface area contributed by atoms with Crippen LogP contribution >= 0.6 is 24.4 Å². The predicted molar refractivity (Wildman–Crippen MR) is 154 cm³/mol. The van der Waals surface area contributed by atoms with E-state index in [-0.39, 0.29) is 24.8 Å². The molecule has 37 heavy (non-hydrogen) atoms. The summed E-state index contributed by atoms with van der Waals surface area (Å²) in [4.78, 5) is 2.10. The Morgan fingerprint density at radius 1 is 0.676 bits per heavy atom. The van der Waals surface area contributed by atoms with E-state index in [4.69, 9.17) is 24.4 Å². The first-order chi connectivity index (χ1) is 17.0. The molecular weight excluding hydrogens is 611 g/mol. The van der Waals surface area contributed by atoms with Crippen LogP contribution in [0, 0.1) is 0 Å². The average Bonchev–Trinajstić information content (AvgIpc) is 3.36. The molecule has 5 heteroatoms. The summed E-state index contributed by atoms with van der Waals surface area (Å²) in [7, 11) is 0. The maximum Gasteiger partial charge on any atom is -1.00 e. The zero-order valence-corrected chi connectivity index (χ0v) is 26.3. The van der Waals surface area contributed by atoms with Gasteiger partial charge in [-0.25, -0.2) is 0 Å². The van der Waals surface area contributed by atoms with E-state index in [9.17, 15) is 0 Å². The Morgan fingerprint density at radius 3 is 1.51 bits per heavy atom. The van der Waals surface area contributed by atoms with Crippen LogP contribution in [0.2, 0.25) is 0 Å². The second kappa shape index (κ2) is 11.7. The van der Waals surface area contributed by atoms with Gasteiger partial charge in [0.25, 0.3) is 0 Å². The minimum absolute atomic E-state index is 0. The Bertz CT molecular complexity index is 1370. The third kappa shape index (κ3) is 5.11. The van der Waals surface area contributed by atoms with Gasteiger partial charge in [-0.05, 0) is 0 Å². The summed E-state index contributed by atoms with van der Waals surface area (Å²) < 4.78 is 1.17. The van der Waals surface area contributed by atoms with Crippen LogP contribution in [-0.4, -0.2) is 9.73 Å². The van der Waals surface area contributed by atoms with Crippen LogP contribution in [0.1, 0.15) is 67.3 Å². The molecule has 4 aliphatic rings. The smallest absolute Gasteiger partial charge is 1.00 e. The molecule has 2 aromatic rings. The second-order valence-corrected chi connectivity index (χ2v) is 14.3. The summed E-state index contributed by atoms with van der Waals surface area (Å²) in [6.07, 6.45) is 19.6. The fourth-order valence-electron chi connectivity index (χ4n) is 5.75. The monoisotopic (exact) mass is 634 g/mol. The van der Waals surface area contributed by atoms with Gasteiger partial charge < -0.3 is 24.8 Å². The molecule has 0 fully saturated rings. The van der Waals surface area contributed by atoms with Crippen molar-refractivity contribution < 1.29 is 48.0 Å². The van der Waals surface area contributed by atoms with E-state index in [1.165, 1.54) is 55.7 Å². The summed E-state index contributed by atoms with van der Waals surface area (Å²) in [6.45, 7) is 4.68. The van der Waals surface area contributed by atoms with E-state index in [0.29, 0.717) is 7.25 Å². The summed E-state index contributed by atoms with van der Waals surface area (Å²) in [6, 6.07) is 13.7. The predicted octanol–water partition coefficient (Wildman–Crippen LogP) is 2.82. The standard InChI is InChI=1S/2C16H13S.2ClH.Zr/c2*1-11-9-12-5-4-7-13(15(12)10-11)14-6-2-3-8-16(14)17;;;/h2*2-7,9-10H,8H2,1H3;2*1H;/q;;;;+2/p-2. The third-order valence-electron chi connectivity index (χ3n) is 7.48. The largest absolute Gasteiger partial charge is 1.00 e. The quantitative estimate of drug-likeness (QED) is 0.474. The van der Waals surface area contributed by atoms with Gasteiger partial charge in [0, 0.05) is 0 Å². The molecule has 6 rings (SSSR count). The van der Waals surface area contributed by atoms with Crippen molar-refractivity contribution in [2.45, 2.75) is 33.9 Å². The third-order valence-corrected chi connectivity index (χ3v) is 13.7. The topological polar surface area (TPSA) is 0 Å². The number of hydrogen-bond donors (Lipinski definition) is 0. The Labute approximate surface area is 254 Å². The van der Waals surface area contributed by atoms with Crippen LogP contribution < -0.4 is 24.8 Å². The van der Waals surface area contributed by atoms with Gasteiger partial charge in [0.15, 0.2) is 0 Å². The number of fused-ring (bicyclic) bond motifs is 2. The normalized spacial score (nSPS) is 21.0. The first kappa shape index (κ1) is 28.5. The van der Waals surface area contributed by atoms with Gasteiger partial charge in [-0.2, -0.15) is 0 Å². The summed E-state index contributed by atoms with van der Waals surface area (Å²) in [5, 5.41) is 0. The van der Waals surface area contributed by atoms with Crippen molar-refractivity contribution in [3.05, 3.63) is 117 Å². The van der Waals surface area contributed by atoms with Gasteiger partial charge in [-0.3, -0.25) is 0 Å². The van der Waals surface area contributed by atoms with Crippen molar-refractivity contribution in [3.8, 4) is 0 Å². The molecule has 0 nitrogen and oxygen atoms in total. The number of thiocarbonyl (C=S) groups is 2. The molecule has 0 aliphatic heterocycles. The number of halogens is 2. The van der Waals surface area contributed by atoms with Gasteiger partial charge in [-0.1, -0.05) is 0 Å². The first-order valence-corrected chi connectivity index (χ1v) is 15.9.